The van der Waals surface area contributed by atoms with Crippen molar-refractivity contribution in [1.29, 1.82) is 0 Å². The van der Waals surface area contributed by atoms with Crippen molar-refractivity contribution in [2.45, 2.75) is 46.1 Å². The molecule has 2 N–H and O–H groups in total. The first-order chi connectivity index (χ1) is 9.96. The zero-order valence-corrected chi connectivity index (χ0v) is 12.8. The highest BCUT2D eigenvalue weighted by Crippen LogP contribution is 2.12. The Morgan fingerprint density at radius 1 is 1.29 bits per heavy atom. The van der Waals surface area contributed by atoms with E-state index in [1.807, 2.05) is 19.1 Å². The van der Waals surface area contributed by atoms with Crippen LogP contribution in [0, 0.1) is 6.92 Å². The molecule has 21 heavy (non-hydrogen) atoms. The minimum Gasteiger partial charge on any atom is -0.478 e. The molecule has 1 rings (SSSR count). The Labute approximate surface area is 125 Å². The summed E-state index contributed by atoms with van der Waals surface area (Å²) in [4.78, 5) is 22.8. The number of carboxylic acid groups (broad SMARTS) is 1. The van der Waals surface area contributed by atoms with Gasteiger partial charge in [0.1, 0.15) is 0 Å². The average Bonchev–Trinajstić information content (AvgIpc) is 2.43. The number of benzene rings is 1. The highest BCUT2D eigenvalue weighted by Gasteiger charge is 2.12. The van der Waals surface area contributed by atoms with Crippen LogP contribution in [0.25, 0.3) is 6.08 Å². The average molecular weight is 289 g/mol. The lowest BCUT2D eigenvalue weighted by Crippen LogP contribution is -2.34. The molecule has 1 unspecified atom stereocenters. The quantitative estimate of drug-likeness (QED) is 0.756. The maximum absolute atomic E-state index is 12.3. The fourth-order valence-electron chi connectivity index (χ4n) is 2.20. The number of carboxylic acids is 1. The summed E-state index contributed by atoms with van der Waals surface area (Å²) < 4.78 is 0. The highest BCUT2D eigenvalue weighted by molar-refractivity contribution is 5.95. The summed E-state index contributed by atoms with van der Waals surface area (Å²) in [5.74, 6) is -1.11. The van der Waals surface area contributed by atoms with Gasteiger partial charge in [0.2, 0.25) is 0 Å². The first-order valence-electron chi connectivity index (χ1n) is 7.29. The third-order valence-electron chi connectivity index (χ3n) is 3.25. The molecule has 0 aromatic heterocycles. The number of rotatable bonds is 7. The van der Waals surface area contributed by atoms with Crippen LogP contribution in [0.5, 0.6) is 0 Å². The number of carbonyl (C=O) groups excluding carboxylic acids is 1. The van der Waals surface area contributed by atoms with E-state index < -0.39 is 5.97 Å². The molecule has 0 aliphatic carbocycles. The second-order valence-electron chi connectivity index (χ2n) is 5.17. The Morgan fingerprint density at radius 2 is 2.00 bits per heavy atom. The molecule has 0 aliphatic heterocycles. The summed E-state index contributed by atoms with van der Waals surface area (Å²) >= 11 is 0. The maximum Gasteiger partial charge on any atom is 0.328 e. The lowest BCUT2D eigenvalue weighted by molar-refractivity contribution is -0.131. The molecule has 1 atom stereocenters. The molecular weight excluding hydrogens is 266 g/mol. The summed E-state index contributed by atoms with van der Waals surface area (Å²) in [5.41, 5.74) is 2.21. The molecule has 0 saturated heterocycles. The van der Waals surface area contributed by atoms with Crippen LogP contribution in [0.3, 0.4) is 0 Å². The molecule has 0 fully saturated rings. The Hall–Kier alpha value is -2.10. The molecular formula is C17H23NO3. The smallest absolute Gasteiger partial charge is 0.328 e. The van der Waals surface area contributed by atoms with E-state index in [0.717, 1.165) is 30.9 Å². The third kappa shape index (κ3) is 5.81. The standard InChI is InChI=1S/C17H23NO3/c1-4-6-15(5-2)18-17(21)14-10-12(3)9-13(11-14)7-8-16(19)20/h7-11,15H,4-6H2,1-3H3,(H,18,21)(H,19,20)/b8-7+. The van der Waals surface area contributed by atoms with Crippen molar-refractivity contribution in [1.82, 2.24) is 5.32 Å². The molecule has 4 nitrogen and oxygen atoms in total. The fourth-order valence-corrected chi connectivity index (χ4v) is 2.20. The molecule has 1 aromatic carbocycles. The number of nitrogens with one attached hydrogen (secondary N) is 1. The number of amides is 1. The van der Waals surface area contributed by atoms with Crippen LogP contribution in [-0.2, 0) is 4.79 Å². The largest absolute Gasteiger partial charge is 0.478 e. The molecule has 0 spiro atoms. The molecule has 0 radical (unpaired) electrons. The van der Waals surface area contributed by atoms with Crippen molar-refractivity contribution in [3.05, 3.63) is 41.0 Å². The molecule has 1 amide bonds. The van der Waals surface area contributed by atoms with Gasteiger partial charge >= 0.3 is 5.97 Å². The number of carbonyl (C=O) groups is 2. The number of hydrogen-bond acceptors (Lipinski definition) is 2. The topological polar surface area (TPSA) is 66.4 Å². The van der Waals surface area contributed by atoms with Crippen molar-refractivity contribution in [3.63, 3.8) is 0 Å². The van der Waals surface area contributed by atoms with Crippen molar-refractivity contribution < 1.29 is 14.7 Å². The second-order valence-corrected chi connectivity index (χ2v) is 5.17. The minimum absolute atomic E-state index is 0.107. The molecule has 4 heteroatoms. The first-order valence-corrected chi connectivity index (χ1v) is 7.29. The summed E-state index contributed by atoms with van der Waals surface area (Å²) in [6, 6.07) is 5.55. The van der Waals surface area contributed by atoms with Crippen molar-refractivity contribution in [2.24, 2.45) is 0 Å². The van der Waals surface area contributed by atoms with E-state index in [1.54, 1.807) is 6.07 Å². The van der Waals surface area contributed by atoms with Crippen LogP contribution in [0.15, 0.2) is 24.3 Å². The first kappa shape index (κ1) is 17.0. The fraction of sp³-hybridized carbons (Fsp3) is 0.412. The Balaban J connectivity index is 2.91. The molecule has 0 heterocycles. The molecule has 1 aromatic rings. The van der Waals surface area contributed by atoms with Crippen LogP contribution in [0.1, 0.15) is 54.6 Å². The minimum atomic E-state index is -1.00. The van der Waals surface area contributed by atoms with E-state index in [9.17, 15) is 9.59 Å². The van der Waals surface area contributed by atoms with Crippen LogP contribution in [0.4, 0.5) is 0 Å². The van der Waals surface area contributed by atoms with Gasteiger partial charge in [-0.15, -0.1) is 0 Å². The highest BCUT2D eigenvalue weighted by atomic mass is 16.4. The Bertz CT molecular complexity index is 535. The lowest BCUT2D eigenvalue weighted by atomic mass is 10.0. The molecule has 114 valence electrons. The maximum atomic E-state index is 12.3. The van der Waals surface area contributed by atoms with E-state index in [-0.39, 0.29) is 11.9 Å². The number of hydrogen-bond donors (Lipinski definition) is 2. The van der Waals surface area contributed by atoms with Crippen LogP contribution in [0.2, 0.25) is 0 Å². The summed E-state index contributed by atoms with van der Waals surface area (Å²) in [6.07, 6.45) is 5.45. The molecule has 0 aliphatic rings. The summed E-state index contributed by atoms with van der Waals surface area (Å²) in [7, 11) is 0. The normalized spacial score (nSPS) is 12.3. The Morgan fingerprint density at radius 3 is 2.57 bits per heavy atom. The van der Waals surface area contributed by atoms with E-state index >= 15 is 0 Å². The molecule has 0 saturated carbocycles. The number of aryl methyl sites for hydroxylation is 1. The van der Waals surface area contributed by atoms with E-state index in [2.05, 4.69) is 19.2 Å². The van der Waals surface area contributed by atoms with Crippen molar-refractivity contribution in [3.8, 4) is 0 Å². The van der Waals surface area contributed by atoms with Crippen LogP contribution >= 0.6 is 0 Å². The van der Waals surface area contributed by atoms with Gasteiger partial charge in [0.05, 0.1) is 0 Å². The van der Waals surface area contributed by atoms with Gasteiger partial charge in [0.25, 0.3) is 5.91 Å². The van der Waals surface area contributed by atoms with Gasteiger partial charge in [-0.3, -0.25) is 4.79 Å². The Kier molecular flexibility index (Phi) is 6.66. The van der Waals surface area contributed by atoms with E-state index in [4.69, 9.17) is 5.11 Å². The second kappa shape index (κ2) is 8.25. The van der Waals surface area contributed by atoms with Crippen LogP contribution < -0.4 is 5.32 Å². The van der Waals surface area contributed by atoms with Crippen molar-refractivity contribution >= 4 is 18.0 Å². The van der Waals surface area contributed by atoms with Gasteiger partial charge in [-0.1, -0.05) is 26.3 Å². The van der Waals surface area contributed by atoms with Gasteiger partial charge in [-0.05, 0) is 49.1 Å². The summed E-state index contributed by atoms with van der Waals surface area (Å²) in [5, 5.41) is 11.7. The monoisotopic (exact) mass is 289 g/mol. The van der Waals surface area contributed by atoms with Gasteiger partial charge in [-0.25, -0.2) is 4.79 Å². The van der Waals surface area contributed by atoms with Crippen molar-refractivity contribution in [2.75, 3.05) is 0 Å². The zero-order chi connectivity index (χ0) is 15.8. The summed E-state index contributed by atoms with van der Waals surface area (Å²) in [6.45, 7) is 6.03. The van der Waals surface area contributed by atoms with Gasteiger partial charge in [0, 0.05) is 17.7 Å². The van der Waals surface area contributed by atoms with Crippen LogP contribution in [-0.4, -0.2) is 23.0 Å². The van der Waals surface area contributed by atoms with Gasteiger partial charge in [0.15, 0.2) is 0 Å². The zero-order valence-electron chi connectivity index (χ0n) is 12.8. The predicted molar refractivity (Wildman–Crippen MR) is 84.3 cm³/mol. The predicted octanol–water partition coefficient (Wildman–Crippen LogP) is 3.40. The van der Waals surface area contributed by atoms with Gasteiger partial charge < -0.3 is 10.4 Å². The lowest BCUT2D eigenvalue weighted by Gasteiger charge is -2.16. The van der Waals surface area contributed by atoms with Gasteiger partial charge in [-0.2, -0.15) is 0 Å². The van der Waals surface area contributed by atoms with E-state index in [1.165, 1.54) is 6.08 Å². The SMILES string of the molecule is CCCC(CC)NC(=O)c1cc(C)cc(/C=C/C(=O)O)c1. The third-order valence-corrected chi connectivity index (χ3v) is 3.25. The van der Waals surface area contributed by atoms with E-state index in [0.29, 0.717) is 11.1 Å². The number of aliphatic carboxylic acids is 1. The molecule has 0 bridgehead atoms.